The zero-order valence-corrected chi connectivity index (χ0v) is 10.7. The van der Waals surface area contributed by atoms with Gasteiger partial charge in [0.05, 0.1) is 25.3 Å². The maximum absolute atomic E-state index is 12.4. The zero-order chi connectivity index (χ0) is 15.6. The van der Waals surface area contributed by atoms with Crippen molar-refractivity contribution in [2.24, 2.45) is 0 Å². The molecule has 0 spiro atoms. The summed E-state index contributed by atoms with van der Waals surface area (Å²) in [5.41, 5.74) is 0.660. The van der Waals surface area contributed by atoms with Crippen LogP contribution in [0, 0.1) is 6.92 Å². The highest BCUT2D eigenvalue weighted by Gasteiger charge is 2.21. The van der Waals surface area contributed by atoms with Gasteiger partial charge in [0, 0.05) is 11.9 Å². The molecule has 2 heterocycles. The highest BCUT2D eigenvalue weighted by Crippen LogP contribution is 2.31. The minimum atomic E-state index is -3.05. The van der Waals surface area contributed by atoms with E-state index in [9.17, 15) is 13.6 Å². The van der Waals surface area contributed by atoms with Gasteiger partial charge in [0.25, 0.3) is 0 Å². The fourth-order valence-corrected chi connectivity index (χ4v) is 1.75. The van der Waals surface area contributed by atoms with Crippen LogP contribution in [-0.2, 0) is 4.74 Å². The van der Waals surface area contributed by atoms with Gasteiger partial charge in [-0.1, -0.05) is 0 Å². The van der Waals surface area contributed by atoms with Crippen molar-refractivity contribution in [2.75, 3.05) is 7.11 Å². The molecule has 0 saturated carbocycles. The maximum atomic E-state index is 12.4. The standard InChI is InChI=1S/C13H12F2N2O3/c1-7-6-9(12(18)19-2)10(17-7)8-4-3-5-16-11(8)20-13(14)15/h3-6,13,17H,1-2H3/i6D. The van der Waals surface area contributed by atoms with Crippen LogP contribution in [0.25, 0.3) is 11.3 Å². The number of ether oxygens (including phenoxy) is 2. The Hall–Kier alpha value is -2.44. The SMILES string of the molecule is [2H]c1c(C)[nH]c(-c2cccnc2OC(F)F)c1C(=O)OC. The number of H-pyrrole nitrogens is 1. The lowest BCUT2D eigenvalue weighted by Crippen LogP contribution is -2.06. The molecular weight excluding hydrogens is 270 g/mol. The van der Waals surface area contributed by atoms with Gasteiger partial charge in [-0.05, 0) is 25.1 Å². The van der Waals surface area contributed by atoms with Crippen LogP contribution in [0.3, 0.4) is 0 Å². The van der Waals surface area contributed by atoms with E-state index in [1.807, 2.05) is 0 Å². The molecule has 0 aliphatic rings. The Morgan fingerprint density at radius 3 is 2.95 bits per heavy atom. The molecule has 106 valence electrons. The summed E-state index contributed by atoms with van der Waals surface area (Å²) < 4.78 is 41.7. The summed E-state index contributed by atoms with van der Waals surface area (Å²) in [7, 11) is 1.17. The third-order valence-corrected chi connectivity index (χ3v) is 2.51. The Labute approximate surface area is 115 Å². The number of aromatic nitrogens is 2. The molecule has 2 rings (SSSR count). The molecule has 0 radical (unpaired) electrons. The van der Waals surface area contributed by atoms with Gasteiger partial charge in [0.15, 0.2) is 0 Å². The molecule has 0 aliphatic carbocycles. The molecule has 2 aromatic heterocycles. The number of esters is 1. The molecule has 0 fully saturated rings. The number of aryl methyl sites for hydroxylation is 1. The van der Waals surface area contributed by atoms with Crippen molar-refractivity contribution in [3.8, 4) is 17.1 Å². The monoisotopic (exact) mass is 283 g/mol. The quantitative estimate of drug-likeness (QED) is 0.876. The number of pyridine rings is 1. The third-order valence-electron chi connectivity index (χ3n) is 2.51. The van der Waals surface area contributed by atoms with E-state index in [-0.39, 0.29) is 28.7 Å². The van der Waals surface area contributed by atoms with E-state index in [1.165, 1.54) is 25.4 Å². The van der Waals surface area contributed by atoms with E-state index in [0.29, 0.717) is 5.69 Å². The second-order valence-electron chi connectivity index (χ2n) is 3.85. The number of alkyl halides is 2. The molecule has 0 amide bonds. The maximum Gasteiger partial charge on any atom is 0.388 e. The van der Waals surface area contributed by atoms with Crippen LogP contribution in [0.2, 0.25) is 0 Å². The zero-order valence-electron chi connectivity index (χ0n) is 11.7. The second-order valence-corrected chi connectivity index (χ2v) is 3.85. The first-order valence-corrected chi connectivity index (χ1v) is 5.63. The molecule has 5 nitrogen and oxygen atoms in total. The van der Waals surface area contributed by atoms with Crippen LogP contribution in [-0.4, -0.2) is 29.7 Å². The molecule has 7 heteroatoms. The van der Waals surface area contributed by atoms with Crippen molar-refractivity contribution in [1.82, 2.24) is 9.97 Å². The van der Waals surface area contributed by atoms with Gasteiger partial charge in [-0.15, -0.1) is 0 Å². The smallest absolute Gasteiger partial charge is 0.388 e. The summed E-state index contributed by atoms with van der Waals surface area (Å²) in [4.78, 5) is 18.3. The van der Waals surface area contributed by atoms with Crippen LogP contribution in [0.4, 0.5) is 8.78 Å². The van der Waals surface area contributed by atoms with Gasteiger partial charge >= 0.3 is 12.6 Å². The number of carbonyl (C=O) groups excluding carboxylic acids is 1. The van der Waals surface area contributed by atoms with Gasteiger partial charge in [0.2, 0.25) is 5.88 Å². The predicted molar refractivity (Wildman–Crippen MR) is 66.7 cm³/mol. The minimum Gasteiger partial charge on any atom is -0.465 e. The van der Waals surface area contributed by atoms with Crippen LogP contribution >= 0.6 is 0 Å². The van der Waals surface area contributed by atoms with Crippen molar-refractivity contribution in [3.63, 3.8) is 0 Å². The lowest BCUT2D eigenvalue weighted by atomic mass is 10.1. The molecule has 20 heavy (non-hydrogen) atoms. The van der Waals surface area contributed by atoms with Crippen LogP contribution in [0.15, 0.2) is 24.4 Å². The molecule has 0 aliphatic heterocycles. The first-order chi connectivity index (χ1) is 9.95. The van der Waals surface area contributed by atoms with E-state index < -0.39 is 12.6 Å². The van der Waals surface area contributed by atoms with E-state index >= 15 is 0 Å². The second kappa shape index (κ2) is 5.68. The number of hydrogen-bond donors (Lipinski definition) is 1. The predicted octanol–water partition coefficient (Wildman–Crippen LogP) is 2.77. The Morgan fingerprint density at radius 1 is 1.55 bits per heavy atom. The first-order valence-electron chi connectivity index (χ1n) is 6.13. The third kappa shape index (κ3) is 2.76. The van der Waals surface area contributed by atoms with Crippen molar-refractivity contribution >= 4 is 5.97 Å². The number of aromatic amines is 1. The molecule has 0 unspecified atom stereocenters. The van der Waals surface area contributed by atoms with E-state index in [0.717, 1.165) is 0 Å². The summed E-state index contributed by atoms with van der Waals surface area (Å²) in [6.45, 7) is -1.46. The summed E-state index contributed by atoms with van der Waals surface area (Å²) >= 11 is 0. The summed E-state index contributed by atoms with van der Waals surface area (Å²) in [5, 5.41) is 0. The molecule has 1 N–H and O–H groups in total. The first kappa shape index (κ1) is 12.6. The molecule has 0 bridgehead atoms. The van der Waals surface area contributed by atoms with Crippen LogP contribution in [0.5, 0.6) is 5.88 Å². The van der Waals surface area contributed by atoms with Crippen molar-refractivity contribution in [3.05, 3.63) is 35.6 Å². The molecule has 0 aromatic carbocycles. The fourth-order valence-electron chi connectivity index (χ4n) is 1.75. The highest BCUT2D eigenvalue weighted by molar-refractivity contribution is 5.97. The topological polar surface area (TPSA) is 64.2 Å². The van der Waals surface area contributed by atoms with E-state index in [1.54, 1.807) is 6.92 Å². The number of methoxy groups -OCH3 is 1. The molecule has 2 aromatic rings. The lowest BCUT2D eigenvalue weighted by molar-refractivity contribution is -0.0524. The fraction of sp³-hybridized carbons (Fsp3) is 0.231. The normalized spacial score (nSPS) is 11.3. The summed E-state index contributed by atoms with van der Waals surface area (Å²) in [5.74, 6) is -1.08. The average molecular weight is 283 g/mol. The number of halogens is 2. The van der Waals surface area contributed by atoms with Crippen molar-refractivity contribution in [2.45, 2.75) is 13.5 Å². The Kier molecular flexibility index (Phi) is 3.58. The van der Waals surface area contributed by atoms with Gasteiger partial charge < -0.3 is 14.5 Å². The molecular formula is C13H12F2N2O3. The van der Waals surface area contributed by atoms with Gasteiger partial charge in [-0.2, -0.15) is 8.78 Å². The van der Waals surface area contributed by atoms with Crippen molar-refractivity contribution < 1.29 is 24.4 Å². The number of nitrogens with zero attached hydrogens (tertiary/aromatic N) is 1. The Bertz CT molecular complexity index is 673. The van der Waals surface area contributed by atoms with Gasteiger partial charge in [-0.25, -0.2) is 9.78 Å². The van der Waals surface area contributed by atoms with Crippen LogP contribution < -0.4 is 4.74 Å². The van der Waals surface area contributed by atoms with E-state index in [2.05, 4.69) is 19.4 Å². The summed E-state index contributed by atoms with van der Waals surface area (Å²) in [6.07, 6.45) is 1.29. The minimum absolute atomic E-state index is 0.0536. The molecule has 0 atom stereocenters. The number of nitrogens with one attached hydrogen (secondary N) is 1. The van der Waals surface area contributed by atoms with Gasteiger partial charge in [0.1, 0.15) is 0 Å². The average Bonchev–Trinajstić information content (AvgIpc) is 2.74. The Balaban J connectivity index is 2.62. The Morgan fingerprint density at radius 2 is 2.30 bits per heavy atom. The van der Waals surface area contributed by atoms with E-state index in [4.69, 9.17) is 1.37 Å². The van der Waals surface area contributed by atoms with Gasteiger partial charge in [-0.3, -0.25) is 0 Å². The largest absolute Gasteiger partial charge is 0.465 e. The van der Waals surface area contributed by atoms with Crippen molar-refractivity contribution in [1.29, 1.82) is 0 Å². The van der Waals surface area contributed by atoms with Crippen LogP contribution in [0.1, 0.15) is 17.4 Å². The highest BCUT2D eigenvalue weighted by atomic mass is 19.3. The number of hydrogen-bond acceptors (Lipinski definition) is 4. The number of rotatable bonds is 4. The lowest BCUT2D eigenvalue weighted by Gasteiger charge is -2.09. The number of carbonyl (C=O) groups is 1. The molecule has 0 saturated heterocycles. The summed E-state index contributed by atoms with van der Waals surface area (Å²) in [6, 6.07) is 2.90.